The molecule has 0 atom stereocenters. The summed E-state index contributed by atoms with van der Waals surface area (Å²) >= 11 is 5.66. The van der Waals surface area contributed by atoms with Crippen molar-refractivity contribution in [3.63, 3.8) is 0 Å². The number of benzene rings is 1. The number of fused-ring (bicyclic) bond motifs is 1. The molecule has 0 bridgehead atoms. The van der Waals surface area contributed by atoms with Gasteiger partial charge in [-0.1, -0.05) is 6.07 Å². The molecule has 2 aromatic heterocycles. The highest BCUT2D eigenvalue weighted by atomic mass is 35.5. The summed E-state index contributed by atoms with van der Waals surface area (Å²) in [4.78, 5) is 25.5. The van der Waals surface area contributed by atoms with E-state index in [9.17, 15) is 9.18 Å². The fraction of sp³-hybridized carbons (Fsp3) is 0.381. The van der Waals surface area contributed by atoms with E-state index in [4.69, 9.17) is 16.6 Å². The van der Waals surface area contributed by atoms with Crippen LogP contribution in [-0.4, -0.2) is 69.0 Å². The zero-order chi connectivity index (χ0) is 20.9. The van der Waals surface area contributed by atoms with Crippen LogP contribution in [0.4, 0.5) is 9.18 Å². The second-order valence-corrected chi connectivity index (χ2v) is 7.61. The van der Waals surface area contributed by atoms with Crippen LogP contribution < -0.4 is 5.32 Å². The number of imidazole rings is 1. The molecule has 3 aromatic rings. The SMILES string of the molecule is O=C(NCCCCl)N1CCN(Cc2nc3cccnc3n2-c2cccc(F)c2)CC1. The number of carbonyl (C=O) groups is 1. The van der Waals surface area contributed by atoms with Crippen molar-refractivity contribution < 1.29 is 9.18 Å². The quantitative estimate of drug-likeness (QED) is 0.482. The summed E-state index contributed by atoms with van der Waals surface area (Å²) in [5.74, 6) is 1.04. The third kappa shape index (κ3) is 4.55. The zero-order valence-electron chi connectivity index (χ0n) is 16.6. The molecule has 1 fully saturated rings. The first-order valence-electron chi connectivity index (χ1n) is 10.0. The highest BCUT2D eigenvalue weighted by molar-refractivity contribution is 6.17. The average molecular weight is 431 g/mol. The molecule has 9 heteroatoms. The average Bonchev–Trinajstić information content (AvgIpc) is 3.12. The van der Waals surface area contributed by atoms with Gasteiger partial charge < -0.3 is 10.2 Å². The molecule has 0 radical (unpaired) electrons. The van der Waals surface area contributed by atoms with Crippen LogP contribution in [0.2, 0.25) is 0 Å². The van der Waals surface area contributed by atoms with E-state index in [2.05, 4.69) is 15.2 Å². The van der Waals surface area contributed by atoms with Crippen LogP contribution in [0.5, 0.6) is 0 Å². The van der Waals surface area contributed by atoms with Crippen molar-refractivity contribution in [2.45, 2.75) is 13.0 Å². The lowest BCUT2D eigenvalue weighted by Gasteiger charge is -2.34. The summed E-state index contributed by atoms with van der Waals surface area (Å²) in [6.45, 7) is 3.95. The molecule has 1 saturated heterocycles. The Labute approximate surface area is 179 Å². The number of nitrogens with zero attached hydrogens (tertiary/aromatic N) is 5. The monoisotopic (exact) mass is 430 g/mol. The Hall–Kier alpha value is -2.71. The standard InChI is InChI=1S/C21H24ClFN6O/c22-7-3-9-25-21(30)28-12-10-27(11-13-28)15-19-26-18-6-2-8-24-20(18)29(19)17-5-1-4-16(23)14-17/h1-2,4-6,8,14H,3,7,9-13,15H2,(H,25,30). The van der Waals surface area contributed by atoms with Gasteiger partial charge in [-0.25, -0.2) is 19.2 Å². The Kier molecular flexibility index (Phi) is 6.44. The second-order valence-electron chi connectivity index (χ2n) is 7.23. The number of hydrogen-bond donors (Lipinski definition) is 1. The Morgan fingerprint density at radius 3 is 2.77 bits per heavy atom. The molecule has 30 heavy (non-hydrogen) atoms. The summed E-state index contributed by atoms with van der Waals surface area (Å²) in [6, 6.07) is 10.2. The van der Waals surface area contributed by atoms with Gasteiger partial charge in [0.05, 0.1) is 12.2 Å². The molecular formula is C21H24ClFN6O. The summed E-state index contributed by atoms with van der Waals surface area (Å²) in [6.07, 6.45) is 2.47. The molecule has 0 unspecified atom stereocenters. The third-order valence-electron chi connectivity index (χ3n) is 5.16. The minimum Gasteiger partial charge on any atom is -0.338 e. The van der Waals surface area contributed by atoms with Crippen LogP contribution in [0.15, 0.2) is 42.6 Å². The largest absolute Gasteiger partial charge is 0.338 e. The predicted molar refractivity (Wildman–Crippen MR) is 114 cm³/mol. The van der Waals surface area contributed by atoms with E-state index in [0.29, 0.717) is 43.4 Å². The first kappa shape index (κ1) is 20.6. The molecule has 2 amide bonds. The van der Waals surface area contributed by atoms with Crippen molar-refractivity contribution in [3.05, 3.63) is 54.2 Å². The second kappa shape index (κ2) is 9.40. The fourth-order valence-corrected chi connectivity index (χ4v) is 3.77. The van der Waals surface area contributed by atoms with Gasteiger partial charge in [0, 0.05) is 44.8 Å². The molecule has 1 aromatic carbocycles. The lowest BCUT2D eigenvalue weighted by Crippen LogP contribution is -2.51. The van der Waals surface area contributed by atoms with Crippen LogP contribution in [0.25, 0.3) is 16.9 Å². The topological polar surface area (TPSA) is 66.3 Å². The number of piperazine rings is 1. The van der Waals surface area contributed by atoms with Crippen LogP contribution in [0.3, 0.4) is 0 Å². The number of nitrogens with one attached hydrogen (secondary N) is 1. The Morgan fingerprint density at radius 2 is 2.00 bits per heavy atom. The van der Waals surface area contributed by atoms with Crippen molar-refractivity contribution in [2.75, 3.05) is 38.6 Å². The van der Waals surface area contributed by atoms with Gasteiger partial charge in [-0.05, 0) is 36.8 Å². The Balaban J connectivity index is 1.49. The van der Waals surface area contributed by atoms with Crippen molar-refractivity contribution in [3.8, 4) is 5.69 Å². The molecule has 4 rings (SSSR count). The maximum atomic E-state index is 13.9. The van der Waals surface area contributed by atoms with Gasteiger partial charge >= 0.3 is 6.03 Å². The van der Waals surface area contributed by atoms with E-state index in [-0.39, 0.29) is 11.8 Å². The number of alkyl halides is 1. The van der Waals surface area contributed by atoms with Crippen LogP contribution in [0, 0.1) is 5.82 Å². The maximum Gasteiger partial charge on any atom is 0.317 e. The van der Waals surface area contributed by atoms with Crippen molar-refractivity contribution in [1.82, 2.24) is 29.7 Å². The smallest absolute Gasteiger partial charge is 0.317 e. The normalized spacial score (nSPS) is 14.9. The van der Waals surface area contributed by atoms with Gasteiger partial charge in [0.25, 0.3) is 0 Å². The first-order chi connectivity index (χ1) is 14.7. The number of hydrogen-bond acceptors (Lipinski definition) is 4. The van der Waals surface area contributed by atoms with Gasteiger partial charge in [0.1, 0.15) is 17.2 Å². The molecule has 1 aliphatic heterocycles. The zero-order valence-corrected chi connectivity index (χ0v) is 17.4. The summed E-state index contributed by atoms with van der Waals surface area (Å²) in [7, 11) is 0. The number of rotatable bonds is 6. The fourth-order valence-electron chi connectivity index (χ4n) is 3.63. The first-order valence-corrected chi connectivity index (χ1v) is 10.6. The van der Waals surface area contributed by atoms with Crippen molar-refractivity contribution in [1.29, 1.82) is 0 Å². The van der Waals surface area contributed by atoms with Gasteiger partial charge in [-0.3, -0.25) is 9.47 Å². The lowest BCUT2D eigenvalue weighted by atomic mass is 10.3. The molecule has 158 valence electrons. The Bertz CT molecular complexity index is 1020. The molecule has 0 aliphatic carbocycles. The maximum absolute atomic E-state index is 13.9. The minimum atomic E-state index is -0.301. The molecule has 7 nitrogen and oxygen atoms in total. The van der Waals surface area contributed by atoms with Crippen molar-refractivity contribution >= 4 is 28.8 Å². The number of carbonyl (C=O) groups excluding carboxylic acids is 1. The van der Waals surface area contributed by atoms with E-state index in [1.807, 2.05) is 27.7 Å². The van der Waals surface area contributed by atoms with Gasteiger partial charge in [0.15, 0.2) is 5.65 Å². The third-order valence-corrected chi connectivity index (χ3v) is 5.43. The van der Waals surface area contributed by atoms with Crippen molar-refractivity contribution in [2.24, 2.45) is 0 Å². The number of halogens is 2. The van der Waals surface area contributed by atoms with E-state index in [1.165, 1.54) is 12.1 Å². The summed E-state index contributed by atoms with van der Waals surface area (Å²) < 4.78 is 15.8. The molecule has 1 aliphatic rings. The van der Waals surface area contributed by atoms with E-state index >= 15 is 0 Å². The van der Waals surface area contributed by atoms with Gasteiger partial charge in [-0.15, -0.1) is 11.6 Å². The van der Waals surface area contributed by atoms with Crippen LogP contribution in [-0.2, 0) is 6.54 Å². The summed E-state index contributed by atoms with van der Waals surface area (Å²) in [5, 5.41) is 2.90. The molecule has 3 heterocycles. The van der Waals surface area contributed by atoms with E-state index < -0.39 is 0 Å². The highest BCUT2D eigenvalue weighted by Crippen LogP contribution is 2.22. The summed E-state index contributed by atoms with van der Waals surface area (Å²) in [5.41, 5.74) is 2.17. The molecule has 1 N–H and O–H groups in total. The highest BCUT2D eigenvalue weighted by Gasteiger charge is 2.23. The molecule has 0 saturated carbocycles. The number of urea groups is 1. The van der Waals surface area contributed by atoms with Crippen LogP contribution >= 0.6 is 11.6 Å². The number of amides is 2. The Morgan fingerprint density at radius 1 is 1.17 bits per heavy atom. The number of pyridine rings is 1. The lowest BCUT2D eigenvalue weighted by molar-refractivity contribution is 0.133. The molecular weight excluding hydrogens is 407 g/mol. The predicted octanol–water partition coefficient (Wildman–Crippen LogP) is 3.02. The van der Waals surface area contributed by atoms with E-state index in [1.54, 1.807) is 12.3 Å². The van der Waals surface area contributed by atoms with Gasteiger partial charge in [0.2, 0.25) is 0 Å². The van der Waals surface area contributed by atoms with Crippen LogP contribution in [0.1, 0.15) is 12.2 Å². The van der Waals surface area contributed by atoms with Gasteiger partial charge in [-0.2, -0.15) is 0 Å². The minimum absolute atomic E-state index is 0.0454. The van der Waals surface area contributed by atoms with E-state index in [0.717, 1.165) is 30.9 Å². The number of aromatic nitrogens is 3. The molecule has 0 spiro atoms.